The molecule has 6 nitrogen and oxygen atoms in total. The zero-order valence-corrected chi connectivity index (χ0v) is 12.2. The van der Waals surface area contributed by atoms with Crippen LogP contribution >= 0.6 is 0 Å². The van der Waals surface area contributed by atoms with Gasteiger partial charge in [-0.2, -0.15) is 5.10 Å². The van der Waals surface area contributed by atoms with E-state index >= 15 is 0 Å². The lowest BCUT2D eigenvalue weighted by Gasteiger charge is -2.07. The Morgan fingerprint density at radius 3 is 2.81 bits per heavy atom. The highest BCUT2D eigenvalue weighted by molar-refractivity contribution is 5.71. The van der Waals surface area contributed by atoms with Crippen LogP contribution in [0.4, 0.5) is 5.82 Å². The number of fused-ring (bicyclic) bond motifs is 1. The van der Waals surface area contributed by atoms with Crippen molar-refractivity contribution in [1.29, 1.82) is 0 Å². The van der Waals surface area contributed by atoms with Gasteiger partial charge >= 0.3 is 0 Å². The minimum atomic E-state index is 0.668. The van der Waals surface area contributed by atoms with Crippen molar-refractivity contribution in [3.05, 3.63) is 42.0 Å². The lowest BCUT2D eigenvalue weighted by Crippen LogP contribution is -2.09. The molecule has 0 fully saturated rings. The summed E-state index contributed by atoms with van der Waals surface area (Å²) in [5.74, 6) is 0.830. The van der Waals surface area contributed by atoms with Gasteiger partial charge in [0, 0.05) is 31.2 Å². The van der Waals surface area contributed by atoms with Gasteiger partial charge in [0.2, 0.25) is 0 Å². The van der Waals surface area contributed by atoms with E-state index in [0.29, 0.717) is 5.65 Å². The van der Waals surface area contributed by atoms with Crippen molar-refractivity contribution in [2.75, 3.05) is 11.9 Å². The Kier molecular flexibility index (Phi) is 3.77. The number of nitrogens with one attached hydrogen (secondary N) is 1. The van der Waals surface area contributed by atoms with E-state index in [1.165, 1.54) is 5.69 Å². The second-order valence-corrected chi connectivity index (χ2v) is 5.03. The smallest absolute Gasteiger partial charge is 0.180 e. The molecule has 0 aromatic carbocycles. The first-order valence-electron chi connectivity index (χ1n) is 7.05. The monoisotopic (exact) mass is 282 g/mol. The molecular weight excluding hydrogens is 264 g/mol. The average molecular weight is 282 g/mol. The molecule has 0 bridgehead atoms. The first kappa shape index (κ1) is 13.5. The fraction of sp³-hybridized carbons (Fsp3) is 0.333. The molecule has 0 atom stereocenters. The van der Waals surface area contributed by atoms with Crippen LogP contribution in [0.3, 0.4) is 0 Å². The van der Waals surface area contributed by atoms with E-state index in [9.17, 15) is 0 Å². The van der Waals surface area contributed by atoms with Gasteiger partial charge in [-0.3, -0.25) is 9.67 Å². The van der Waals surface area contributed by atoms with Gasteiger partial charge in [0.05, 0.1) is 5.69 Å². The van der Waals surface area contributed by atoms with Crippen LogP contribution in [0.1, 0.15) is 17.8 Å². The Labute approximate surface area is 123 Å². The van der Waals surface area contributed by atoms with Gasteiger partial charge in [-0.25, -0.2) is 9.97 Å². The van der Waals surface area contributed by atoms with Crippen molar-refractivity contribution < 1.29 is 0 Å². The van der Waals surface area contributed by atoms with Crippen molar-refractivity contribution in [1.82, 2.24) is 24.7 Å². The largest absolute Gasteiger partial charge is 0.370 e. The Morgan fingerprint density at radius 1 is 1.14 bits per heavy atom. The van der Waals surface area contributed by atoms with E-state index < -0.39 is 0 Å². The summed E-state index contributed by atoms with van der Waals surface area (Å²) in [4.78, 5) is 12.8. The lowest BCUT2D eigenvalue weighted by atomic mass is 10.3. The molecule has 0 unspecified atom stereocenters. The first-order valence-corrected chi connectivity index (χ1v) is 7.05. The van der Waals surface area contributed by atoms with Crippen LogP contribution in [0.5, 0.6) is 0 Å². The number of anilines is 1. The molecule has 0 aliphatic heterocycles. The predicted octanol–water partition coefficient (Wildman–Crippen LogP) is 2.34. The minimum Gasteiger partial charge on any atom is -0.370 e. The Balaban J connectivity index is 1.55. The highest BCUT2D eigenvalue weighted by Gasteiger charge is 2.01. The third kappa shape index (κ3) is 3.16. The quantitative estimate of drug-likeness (QED) is 0.727. The molecule has 0 saturated carbocycles. The molecule has 1 N–H and O–H groups in total. The zero-order chi connectivity index (χ0) is 14.7. The molecule has 3 rings (SSSR count). The molecule has 0 saturated heterocycles. The molecule has 6 heteroatoms. The van der Waals surface area contributed by atoms with Crippen LogP contribution in [0, 0.1) is 13.8 Å². The van der Waals surface area contributed by atoms with Crippen molar-refractivity contribution in [2.24, 2.45) is 0 Å². The molecule has 3 aromatic heterocycles. The highest BCUT2D eigenvalue weighted by Crippen LogP contribution is 2.10. The third-order valence-electron chi connectivity index (χ3n) is 3.29. The number of hydrogen-bond acceptors (Lipinski definition) is 5. The third-order valence-corrected chi connectivity index (χ3v) is 3.29. The fourth-order valence-corrected chi connectivity index (χ4v) is 2.30. The fourth-order valence-electron chi connectivity index (χ4n) is 2.30. The van der Waals surface area contributed by atoms with E-state index in [0.717, 1.165) is 36.5 Å². The number of hydrogen-bond donors (Lipinski definition) is 1. The van der Waals surface area contributed by atoms with Gasteiger partial charge < -0.3 is 5.32 Å². The van der Waals surface area contributed by atoms with E-state index in [1.54, 1.807) is 12.4 Å². The summed E-state index contributed by atoms with van der Waals surface area (Å²) in [6, 6.07) is 5.95. The number of rotatable bonds is 5. The van der Waals surface area contributed by atoms with Crippen molar-refractivity contribution in [3.63, 3.8) is 0 Å². The van der Waals surface area contributed by atoms with E-state index in [-0.39, 0.29) is 0 Å². The Hall–Kier alpha value is -2.50. The van der Waals surface area contributed by atoms with Gasteiger partial charge in [0.1, 0.15) is 11.3 Å². The van der Waals surface area contributed by atoms with Crippen LogP contribution in [0.15, 0.2) is 30.6 Å². The number of pyridine rings is 1. The van der Waals surface area contributed by atoms with E-state index in [4.69, 9.17) is 0 Å². The standard InChI is InChI=1S/C15H18N6/c1-11-10-12(2)21(20-11)9-3-6-17-14-5-4-13-15(19-14)18-8-7-16-13/h4-5,7-8,10H,3,6,9H2,1-2H3,(H,17,18,19). The van der Waals surface area contributed by atoms with Crippen LogP contribution in [0.25, 0.3) is 11.2 Å². The van der Waals surface area contributed by atoms with E-state index in [1.807, 2.05) is 23.7 Å². The van der Waals surface area contributed by atoms with Crippen LogP contribution < -0.4 is 5.32 Å². The average Bonchev–Trinajstić information content (AvgIpc) is 2.81. The van der Waals surface area contributed by atoms with Gasteiger partial charge in [-0.15, -0.1) is 0 Å². The maximum absolute atomic E-state index is 4.45. The van der Waals surface area contributed by atoms with Crippen molar-refractivity contribution in [3.8, 4) is 0 Å². The van der Waals surface area contributed by atoms with Gasteiger partial charge in [0.15, 0.2) is 5.65 Å². The topological polar surface area (TPSA) is 68.5 Å². The second kappa shape index (κ2) is 5.87. The SMILES string of the molecule is Cc1cc(C)n(CCCNc2ccc3nccnc3n2)n1. The molecule has 3 aromatic rings. The molecule has 3 heterocycles. The molecule has 0 aliphatic rings. The van der Waals surface area contributed by atoms with Crippen molar-refractivity contribution >= 4 is 17.0 Å². The van der Waals surface area contributed by atoms with Crippen molar-refractivity contribution in [2.45, 2.75) is 26.8 Å². The number of aryl methyl sites for hydroxylation is 3. The second-order valence-electron chi connectivity index (χ2n) is 5.03. The number of aromatic nitrogens is 5. The first-order chi connectivity index (χ1) is 10.2. The summed E-state index contributed by atoms with van der Waals surface area (Å²) in [7, 11) is 0. The summed E-state index contributed by atoms with van der Waals surface area (Å²) >= 11 is 0. The van der Waals surface area contributed by atoms with Gasteiger partial charge in [-0.1, -0.05) is 0 Å². The van der Waals surface area contributed by atoms with Crippen LogP contribution in [-0.2, 0) is 6.54 Å². The van der Waals surface area contributed by atoms with Gasteiger partial charge in [0.25, 0.3) is 0 Å². The maximum Gasteiger partial charge on any atom is 0.180 e. The normalized spacial score (nSPS) is 11.0. The summed E-state index contributed by atoms with van der Waals surface area (Å²) in [5, 5.41) is 7.76. The molecule has 108 valence electrons. The Morgan fingerprint density at radius 2 is 2.00 bits per heavy atom. The highest BCUT2D eigenvalue weighted by atomic mass is 15.3. The Bertz CT molecular complexity index is 749. The summed E-state index contributed by atoms with van der Waals surface area (Å²) in [6.45, 7) is 5.84. The summed E-state index contributed by atoms with van der Waals surface area (Å²) < 4.78 is 2.04. The maximum atomic E-state index is 4.45. The minimum absolute atomic E-state index is 0.668. The zero-order valence-electron chi connectivity index (χ0n) is 12.2. The molecular formula is C15H18N6. The van der Waals surface area contributed by atoms with Gasteiger partial charge in [-0.05, 0) is 38.5 Å². The summed E-state index contributed by atoms with van der Waals surface area (Å²) in [6.07, 6.45) is 4.32. The number of nitrogens with zero attached hydrogens (tertiary/aromatic N) is 5. The molecule has 21 heavy (non-hydrogen) atoms. The molecule has 0 spiro atoms. The van der Waals surface area contributed by atoms with Crippen LogP contribution in [0.2, 0.25) is 0 Å². The molecule has 0 radical (unpaired) electrons. The molecule has 0 aliphatic carbocycles. The van der Waals surface area contributed by atoms with Crippen LogP contribution in [-0.4, -0.2) is 31.3 Å². The van der Waals surface area contributed by atoms with E-state index in [2.05, 4.69) is 38.4 Å². The molecule has 0 amide bonds. The summed E-state index contributed by atoms with van der Waals surface area (Å²) in [5.41, 5.74) is 3.74. The predicted molar refractivity (Wildman–Crippen MR) is 82.1 cm³/mol. The lowest BCUT2D eigenvalue weighted by molar-refractivity contribution is 0.573.